The largest absolute Gasteiger partial charge is 0.361 e. The van der Waals surface area contributed by atoms with E-state index in [2.05, 4.69) is 27.5 Å². The van der Waals surface area contributed by atoms with Gasteiger partial charge in [-0.3, -0.25) is 4.79 Å². The lowest BCUT2D eigenvalue weighted by Gasteiger charge is -2.25. The maximum absolute atomic E-state index is 12.2. The Morgan fingerprint density at radius 1 is 1.27 bits per heavy atom. The van der Waals surface area contributed by atoms with Crippen LogP contribution in [0.2, 0.25) is 0 Å². The summed E-state index contributed by atoms with van der Waals surface area (Å²) in [6.07, 6.45) is 0.302. The zero-order chi connectivity index (χ0) is 16.1. The molecule has 0 aliphatic heterocycles. The molecular weight excluding hydrogens is 278 g/mol. The topological polar surface area (TPSA) is 58.4 Å². The zero-order valence-electron chi connectivity index (χ0n) is 13.6. The number of aryl methyl sites for hydroxylation is 2. The molecule has 0 aliphatic carbocycles. The lowest BCUT2D eigenvalue weighted by molar-refractivity contribution is -0.120. The summed E-state index contributed by atoms with van der Waals surface area (Å²) in [5, 5.41) is 6.88. The molecule has 0 spiro atoms. The molecule has 2 rings (SSSR count). The van der Waals surface area contributed by atoms with E-state index in [1.54, 1.807) is 0 Å². The first-order chi connectivity index (χ1) is 10.5. The monoisotopic (exact) mass is 301 g/mol. The van der Waals surface area contributed by atoms with Gasteiger partial charge < -0.3 is 14.7 Å². The minimum Gasteiger partial charge on any atom is -0.361 e. The molecule has 5 heteroatoms. The molecule has 0 unspecified atom stereocenters. The van der Waals surface area contributed by atoms with Crippen molar-refractivity contribution >= 4 is 5.91 Å². The van der Waals surface area contributed by atoms with Gasteiger partial charge in [0.15, 0.2) is 0 Å². The Kier molecular flexibility index (Phi) is 5.33. The van der Waals surface area contributed by atoms with Crippen LogP contribution in [0.1, 0.15) is 28.6 Å². The van der Waals surface area contributed by atoms with Gasteiger partial charge in [-0.1, -0.05) is 35.5 Å². The first-order valence-electron chi connectivity index (χ1n) is 7.39. The average Bonchev–Trinajstić information content (AvgIpc) is 2.80. The summed E-state index contributed by atoms with van der Waals surface area (Å²) in [6.45, 7) is 4.25. The van der Waals surface area contributed by atoms with Crippen LogP contribution in [-0.4, -0.2) is 36.6 Å². The number of amides is 1. The number of carbonyl (C=O) groups is 1. The third-order valence-electron chi connectivity index (χ3n) is 3.82. The van der Waals surface area contributed by atoms with Crippen LogP contribution in [0.15, 0.2) is 34.9 Å². The van der Waals surface area contributed by atoms with Gasteiger partial charge in [-0.2, -0.15) is 0 Å². The molecule has 1 amide bonds. The normalized spacial score (nSPS) is 12.4. The molecular formula is C17H23N3O2. The van der Waals surface area contributed by atoms with Crippen LogP contribution in [0.5, 0.6) is 0 Å². The predicted octanol–water partition coefficient (Wildman–Crippen LogP) is 2.25. The molecule has 0 aliphatic rings. The van der Waals surface area contributed by atoms with Gasteiger partial charge in [0.2, 0.25) is 5.91 Å². The van der Waals surface area contributed by atoms with E-state index in [9.17, 15) is 4.79 Å². The average molecular weight is 301 g/mol. The highest BCUT2D eigenvalue weighted by Crippen LogP contribution is 2.17. The van der Waals surface area contributed by atoms with Crippen molar-refractivity contribution < 1.29 is 9.32 Å². The van der Waals surface area contributed by atoms with Crippen molar-refractivity contribution in [2.75, 3.05) is 20.6 Å². The van der Waals surface area contributed by atoms with Gasteiger partial charge >= 0.3 is 0 Å². The molecule has 0 radical (unpaired) electrons. The first kappa shape index (κ1) is 16.2. The standard InChI is InChI=1S/C17H23N3O2/c1-12-15(13(2)22-19-12)10-17(21)18-11-16(20(3)4)14-8-6-5-7-9-14/h5-9,16H,10-11H2,1-4H3,(H,18,21)/t16-/m0/s1. The third-order valence-corrected chi connectivity index (χ3v) is 3.82. The summed E-state index contributed by atoms with van der Waals surface area (Å²) in [6, 6.07) is 10.3. The molecule has 0 bridgehead atoms. The summed E-state index contributed by atoms with van der Waals surface area (Å²) < 4.78 is 5.09. The second kappa shape index (κ2) is 7.22. The van der Waals surface area contributed by atoms with Gasteiger partial charge in [0.25, 0.3) is 0 Å². The number of aromatic nitrogens is 1. The summed E-state index contributed by atoms with van der Waals surface area (Å²) in [5.74, 6) is 0.692. The quantitative estimate of drug-likeness (QED) is 0.889. The van der Waals surface area contributed by atoms with Crippen LogP contribution < -0.4 is 5.32 Å². The molecule has 0 saturated carbocycles. The number of likely N-dealkylation sites (N-methyl/N-ethyl adjacent to an activating group) is 1. The van der Waals surface area contributed by atoms with Gasteiger partial charge in [-0.05, 0) is 33.5 Å². The van der Waals surface area contributed by atoms with Crippen LogP contribution in [-0.2, 0) is 11.2 Å². The summed E-state index contributed by atoms with van der Waals surface area (Å²) >= 11 is 0. The van der Waals surface area contributed by atoms with Gasteiger partial charge in [-0.25, -0.2) is 0 Å². The number of rotatable bonds is 6. The number of hydrogen-bond acceptors (Lipinski definition) is 4. The number of benzene rings is 1. The minimum absolute atomic E-state index is 0.0165. The van der Waals surface area contributed by atoms with E-state index in [0.29, 0.717) is 18.7 Å². The molecule has 2 aromatic rings. The summed E-state index contributed by atoms with van der Waals surface area (Å²) in [5.41, 5.74) is 2.84. The molecule has 1 heterocycles. The van der Waals surface area contributed by atoms with Gasteiger partial charge in [0.1, 0.15) is 5.76 Å². The smallest absolute Gasteiger partial charge is 0.224 e. The summed E-state index contributed by atoms with van der Waals surface area (Å²) in [4.78, 5) is 14.3. The Morgan fingerprint density at radius 2 is 1.95 bits per heavy atom. The molecule has 1 atom stereocenters. The Hall–Kier alpha value is -2.14. The van der Waals surface area contributed by atoms with Crippen LogP contribution in [0.4, 0.5) is 0 Å². The third kappa shape index (κ3) is 3.95. The van der Waals surface area contributed by atoms with Crippen molar-refractivity contribution in [1.82, 2.24) is 15.4 Å². The van der Waals surface area contributed by atoms with E-state index >= 15 is 0 Å². The highest BCUT2D eigenvalue weighted by atomic mass is 16.5. The van der Waals surface area contributed by atoms with E-state index in [1.807, 2.05) is 46.1 Å². The number of hydrogen-bond donors (Lipinski definition) is 1. The molecule has 22 heavy (non-hydrogen) atoms. The number of nitrogens with zero attached hydrogens (tertiary/aromatic N) is 2. The second-order valence-electron chi connectivity index (χ2n) is 5.67. The van der Waals surface area contributed by atoms with Crippen LogP contribution in [0.3, 0.4) is 0 Å². The first-order valence-corrected chi connectivity index (χ1v) is 7.39. The summed E-state index contributed by atoms with van der Waals surface area (Å²) in [7, 11) is 4.02. The maximum Gasteiger partial charge on any atom is 0.224 e. The van der Waals surface area contributed by atoms with Gasteiger partial charge in [-0.15, -0.1) is 0 Å². The lowest BCUT2D eigenvalue weighted by Crippen LogP contribution is -2.35. The van der Waals surface area contributed by atoms with Gasteiger partial charge in [0.05, 0.1) is 18.2 Å². The number of nitrogens with one attached hydrogen (secondary N) is 1. The highest BCUT2D eigenvalue weighted by molar-refractivity contribution is 5.79. The van der Waals surface area contributed by atoms with E-state index in [4.69, 9.17) is 4.52 Å². The second-order valence-corrected chi connectivity index (χ2v) is 5.67. The van der Waals surface area contributed by atoms with Crippen molar-refractivity contribution in [2.45, 2.75) is 26.3 Å². The Balaban J connectivity index is 1.97. The van der Waals surface area contributed by atoms with Gasteiger partial charge in [0, 0.05) is 12.1 Å². The van der Waals surface area contributed by atoms with Crippen LogP contribution >= 0.6 is 0 Å². The fourth-order valence-electron chi connectivity index (χ4n) is 2.46. The predicted molar refractivity (Wildman–Crippen MR) is 85.6 cm³/mol. The highest BCUT2D eigenvalue weighted by Gasteiger charge is 2.17. The molecule has 118 valence electrons. The van der Waals surface area contributed by atoms with Crippen molar-refractivity contribution in [1.29, 1.82) is 0 Å². The molecule has 0 fully saturated rings. The van der Waals surface area contributed by atoms with E-state index in [1.165, 1.54) is 5.56 Å². The number of carbonyl (C=O) groups excluding carboxylic acids is 1. The lowest BCUT2D eigenvalue weighted by atomic mass is 10.1. The Morgan fingerprint density at radius 3 is 2.50 bits per heavy atom. The van der Waals surface area contributed by atoms with Crippen LogP contribution in [0, 0.1) is 13.8 Å². The van der Waals surface area contributed by atoms with Crippen molar-refractivity contribution in [3.05, 3.63) is 52.9 Å². The minimum atomic E-state index is -0.0165. The fourth-order valence-corrected chi connectivity index (χ4v) is 2.46. The van der Waals surface area contributed by atoms with Crippen molar-refractivity contribution in [3.63, 3.8) is 0 Å². The Labute approximate surface area is 131 Å². The fraction of sp³-hybridized carbons (Fsp3) is 0.412. The molecule has 1 aromatic heterocycles. The maximum atomic E-state index is 12.2. The van der Waals surface area contributed by atoms with E-state index in [0.717, 1.165) is 11.3 Å². The molecule has 1 aromatic carbocycles. The van der Waals surface area contributed by atoms with E-state index in [-0.39, 0.29) is 11.9 Å². The molecule has 5 nitrogen and oxygen atoms in total. The van der Waals surface area contributed by atoms with Crippen molar-refractivity contribution in [3.8, 4) is 0 Å². The SMILES string of the molecule is Cc1noc(C)c1CC(=O)NC[C@@H](c1ccccc1)N(C)C. The molecule has 0 saturated heterocycles. The molecule has 1 N–H and O–H groups in total. The van der Waals surface area contributed by atoms with Crippen molar-refractivity contribution in [2.24, 2.45) is 0 Å². The van der Waals surface area contributed by atoms with E-state index < -0.39 is 0 Å². The van der Waals surface area contributed by atoms with Crippen LogP contribution in [0.25, 0.3) is 0 Å². The zero-order valence-corrected chi connectivity index (χ0v) is 13.6. The Bertz CT molecular complexity index is 601.